The van der Waals surface area contributed by atoms with Crippen LogP contribution in [-0.4, -0.2) is 21.8 Å². The molecule has 0 amide bonds. The lowest BCUT2D eigenvalue weighted by Crippen LogP contribution is -2.21. The van der Waals surface area contributed by atoms with Gasteiger partial charge in [0.05, 0.1) is 0 Å². The lowest BCUT2D eigenvalue weighted by atomic mass is 10.0. The van der Waals surface area contributed by atoms with Gasteiger partial charge in [0.2, 0.25) is 0 Å². The number of aryl methyl sites for hydroxylation is 1. The highest BCUT2D eigenvalue weighted by Gasteiger charge is 2.22. The number of nitrogens with zero attached hydrogens (tertiary/aromatic N) is 4. The summed E-state index contributed by atoms with van der Waals surface area (Å²) in [6.07, 6.45) is 6.81. The maximum atomic E-state index is 4.70. The van der Waals surface area contributed by atoms with Gasteiger partial charge in [0.25, 0.3) is 0 Å². The quantitative estimate of drug-likeness (QED) is 0.791. The minimum atomic E-state index is 0. The molecule has 0 bridgehead atoms. The number of fused-ring (bicyclic) bond motifs is 1. The van der Waals surface area contributed by atoms with E-state index in [-0.39, 0.29) is 1.43 Å². The van der Waals surface area contributed by atoms with Crippen LogP contribution < -0.4 is 10.2 Å². The molecule has 0 saturated heterocycles. The number of nitrogens with one attached hydrogen (secondary N) is 1. The number of allylic oxidation sites excluding steroid dienone is 1. The van der Waals surface area contributed by atoms with Gasteiger partial charge in [0.15, 0.2) is 5.82 Å². The summed E-state index contributed by atoms with van der Waals surface area (Å²) in [5.74, 6) is 2.08. The standard InChI is InChI=1S/C20H21N5.H2/c1-24(14-15-7-6-12-21-13-15)20-17-10-11-18(16-8-4-3-5-9-16)22-19(17)23-25(20)2;/h3-9,11-13H,10,14H2,1-2H3,(H,22,23);1H. The van der Waals surface area contributed by atoms with E-state index in [2.05, 4.69) is 58.7 Å². The van der Waals surface area contributed by atoms with Crippen LogP contribution in [0.15, 0.2) is 60.9 Å². The van der Waals surface area contributed by atoms with E-state index >= 15 is 0 Å². The second kappa shape index (κ2) is 6.43. The van der Waals surface area contributed by atoms with E-state index < -0.39 is 0 Å². The molecular weight excluding hydrogens is 310 g/mol. The molecule has 0 unspecified atom stereocenters. The second-order valence-corrected chi connectivity index (χ2v) is 6.30. The van der Waals surface area contributed by atoms with Gasteiger partial charge in [-0.15, -0.1) is 0 Å². The number of hydrogen-bond donors (Lipinski definition) is 1. The van der Waals surface area contributed by atoms with Crippen LogP contribution >= 0.6 is 0 Å². The first kappa shape index (κ1) is 15.4. The van der Waals surface area contributed by atoms with Crippen LogP contribution in [0.5, 0.6) is 0 Å². The van der Waals surface area contributed by atoms with Crippen molar-refractivity contribution in [2.75, 3.05) is 17.3 Å². The van der Waals surface area contributed by atoms with Crippen molar-refractivity contribution in [2.24, 2.45) is 7.05 Å². The summed E-state index contributed by atoms with van der Waals surface area (Å²) in [5, 5.41) is 8.18. The van der Waals surface area contributed by atoms with E-state index in [0.717, 1.165) is 30.3 Å². The lowest BCUT2D eigenvalue weighted by Gasteiger charge is -2.22. The van der Waals surface area contributed by atoms with Gasteiger partial charge in [0.1, 0.15) is 5.82 Å². The van der Waals surface area contributed by atoms with Gasteiger partial charge in [-0.3, -0.25) is 9.67 Å². The molecule has 1 N–H and O–H groups in total. The summed E-state index contributed by atoms with van der Waals surface area (Å²) < 4.78 is 1.95. The number of hydrogen-bond acceptors (Lipinski definition) is 4. The summed E-state index contributed by atoms with van der Waals surface area (Å²) in [6.45, 7) is 0.801. The molecule has 5 nitrogen and oxygen atoms in total. The van der Waals surface area contributed by atoms with Gasteiger partial charge in [0, 0.05) is 52.1 Å². The number of benzene rings is 1. The first-order chi connectivity index (χ1) is 12.2. The fraction of sp³-hybridized carbons (Fsp3) is 0.200. The van der Waals surface area contributed by atoms with E-state index in [1.54, 1.807) is 6.20 Å². The first-order valence-corrected chi connectivity index (χ1v) is 8.41. The van der Waals surface area contributed by atoms with E-state index in [0.29, 0.717) is 0 Å². The summed E-state index contributed by atoms with van der Waals surface area (Å²) in [7, 11) is 4.10. The highest BCUT2D eigenvalue weighted by atomic mass is 15.4. The predicted octanol–water partition coefficient (Wildman–Crippen LogP) is 3.71. The molecule has 0 saturated carbocycles. The lowest BCUT2D eigenvalue weighted by molar-refractivity contribution is 0.734. The van der Waals surface area contributed by atoms with Crippen molar-refractivity contribution in [3.63, 3.8) is 0 Å². The zero-order chi connectivity index (χ0) is 17.2. The molecule has 0 atom stereocenters. The Bertz CT molecular complexity index is 903. The molecule has 3 heterocycles. The first-order valence-electron chi connectivity index (χ1n) is 8.41. The molecular formula is C20H23N5. The molecule has 2 aromatic heterocycles. The van der Waals surface area contributed by atoms with Crippen molar-refractivity contribution in [2.45, 2.75) is 13.0 Å². The van der Waals surface area contributed by atoms with Gasteiger partial charge >= 0.3 is 0 Å². The topological polar surface area (TPSA) is 46.0 Å². The van der Waals surface area contributed by atoms with Gasteiger partial charge in [-0.25, -0.2) is 0 Å². The van der Waals surface area contributed by atoms with Crippen molar-refractivity contribution in [1.82, 2.24) is 14.8 Å². The van der Waals surface area contributed by atoms with Gasteiger partial charge in [-0.1, -0.05) is 42.5 Å². The summed E-state index contributed by atoms with van der Waals surface area (Å²) in [4.78, 5) is 6.43. The van der Waals surface area contributed by atoms with Crippen molar-refractivity contribution in [3.05, 3.63) is 77.6 Å². The number of rotatable bonds is 4. The molecule has 3 aromatic rings. The van der Waals surface area contributed by atoms with E-state index in [9.17, 15) is 0 Å². The highest BCUT2D eigenvalue weighted by molar-refractivity contribution is 5.81. The molecule has 0 radical (unpaired) electrons. The molecule has 0 aliphatic carbocycles. The maximum absolute atomic E-state index is 4.70. The van der Waals surface area contributed by atoms with E-state index in [4.69, 9.17) is 5.10 Å². The van der Waals surface area contributed by atoms with E-state index in [1.807, 2.05) is 30.1 Å². The summed E-state index contributed by atoms with van der Waals surface area (Å²) >= 11 is 0. The molecule has 4 rings (SSSR count). The molecule has 0 fully saturated rings. The third-order valence-electron chi connectivity index (χ3n) is 4.46. The highest BCUT2D eigenvalue weighted by Crippen LogP contribution is 2.34. The average Bonchev–Trinajstić information content (AvgIpc) is 2.98. The minimum absolute atomic E-state index is 0. The molecule has 1 aliphatic rings. The Kier molecular flexibility index (Phi) is 3.98. The number of aromatic nitrogens is 3. The molecule has 128 valence electrons. The van der Waals surface area contributed by atoms with Crippen LogP contribution in [0.4, 0.5) is 11.6 Å². The second-order valence-electron chi connectivity index (χ2n) is 6.30. The zero-order valence-electron chi connectivity index (χ0n) is 14.5. The number of anilines is 2. The molecule has 0 spiro atoms. The van der Waals surface area contributed by atoms with Gasteiger partial charge < -0.3 is 10.2 Å². The summed E-state index contributed by atoms with van der Waals surface area (Å²) in [5.41, 5.74) is 4.72. The molecule has 1 aliphatic heterocycles. The van der Waals surface area contributed by atoms with Crippen LogP contribution in [0.1, 0.15) is 18.1 Å². The molecule has 1 aromatic carbocycles. The Hall–Kier alpha value is -3.08. The number of pyridine rings is 1. The van der Waals surface area contributed by atoms with Gasteiger partial charge in [-0.05, 0) is 17.2 Å². The summed E-state index contributed by atoms with van der Waals surface area (Å²) in [6, 6.07) is 14.4. The normalized spacial score (nSPS) is 13.0. The van der Waals surface area contributed by atoms with Gasteiger partial charge in [-0.2, -0.15) is 5.10 Å². The fourth-order valence-corrected chi connectivity index (χ4v) is 3.36. The van der Waals surface area contributed by atoms with Crippen molar-refractivity contribution in [1.29, 1.82) is 0 Å². The smallest absolute Gasteiger partial charge is 0.158 e. The van der Waals surface area contributed by atoms with Crippen LogP contribution in [-0.2, 0) is 20.0 Å². The van der Waals surface area contributed by atoms with Crippen molar-refractivity contribution < 1.29 is 1.43 Å². The Labute approximate surface area is 149 Å². The molecule has 5 heteroatoms. The van der Waals surface area contributed by atoms with Crippen LogP contribution in [0.25, 0.3) is 5.70 Å². The third-order valence-corrected chi connectivity index (χ3v) is 4.46. The van der Waals surface area contributed by atoms with Crippen LogP contribution in [0, 0.1) is 0 Å². The van der Waals surface area contributed by atoms with Crippen LogP contribution in [0.2, 0.25) is 0 Å². The van der Waals surface area contributed by atoms with E-state index in [1.165, 1.54) is 16.7 Å². The Balaban J connectivity index is 0.00000196. The average molecular weight is 333 g/mol. The van der Waals surface area contributed by atoms with Crippen LogP contribution in [0.3, 0.4) is 0 Å². The van der Waals surface area contributed by atoms with Crippen molar-refractivity contribution in [3.8, 4) is 0 Å². The SMILES string of the molecule is CN(Cc1cccnc1)c1c2c(nn1C)NC(c1ccccc1)=CC2.[HH]. The third kappa shape index (κ3) is 3.01. The Morgan fingerprint density at radius 1 is 1.20 bits per heavy atom. The minimum Gasteiger partial charge on any atom is -0.355 e. The monoisotopic (exact) mass is 333 g/mol. The Morgan fingerprint density at radius 2 is 2.04 bits per heavy atom. The fourth-order valence-electron chi connectivity index (χ4n) is 3.36. The predicted molar refractivity (Wildman–Crippen MR) is 103 cm³/mol. The van der Waals surface area contributed by atoms with Crippen molar-refractivity contribution >= 4 is 17.3 Å². The molecule has 25 heavy (non-hydrogen) atoms. The maximum Gasteiger partial charge on any atom is 0.158 e. The largest absolute Gasteiger partial charge is 0.355 e. The Morgan fingerprint density at radius 3 is 2.80 bits per heavy atom. The zero-order valence-corrected chi connectivity index (χ0v) is 14.5.